The van der Waals surface area contributed by atoms with E-state index in [1.54, 1.807) is 12.1 Å². The number of nitrogens with one attached hydrogen (secondary N) is 1. The van der Waals surface area contributed by atoms with Crippen LogP contribution in [-0.2, 0) is 4.79 Å². The first-order chi connectivity index (χ1) is 13.0. The predicted octanol–water partition coefficient (Wildman–Crippen LogP) is 3.95. The van der Waals surface area contributed by atoms with Gasteiger partial charge in [0, 0.05) is 13.1 Å². The summed E-state index contributed by atoms with van der Waals surface area (Å²) in [7, 11) is 0. The minimum Gasteiger partial charge on any atom is -0.484 e. The van der Waals surface area contributed by atoms with Crippen LogP contribution in [0, 0.1) is 13.8 Å². The van der Waals surface area contributed by atoms with Gasteiger partial charge in [0.1, 0.15) is 5.75 Å². The third-order valence-electron chi connectivity index (χ3n) is 4.64. The molecule has 1 heterocycles. The SMILES string of the molecule is Cc1cc(C)cc(OCC(=O)Nc2ccccc2C(=O)N2CCCCC2)c1. The maximum absolute atomic E-state index is 12.8. The van der Waals surface area contributed by atoms with E-state index in [0.29, 0.717) is 17.0 Å². The van der Waals surface area contributed by atoms with Crippen LogP contribution in [0.1, 0.15) is 40.7 Å². The lowest BCUT2D eigenvalue weighted by Crippen LogP contribution is -2.36. The molecule has 0 spiro atoms. The lowest BCUT2D eigenvalue weighted by atomic mass is 10.1. The van der Waals surface area contributed by atoms with Gasteiger partial charge in [-0.05, 0) is 68.5 Å². The fraction of sp³-hybridized carbons (Fsp3) is 0.364. The first-order valence-electron chi connectivity index (χ1n) is 9.42. The number of benzene rings is 2. The first kappa shape index (κ1) is 19.0. The molecule has 5 heteroatoms. The van der Waals surface area contributed by atoms with E-state index >= 15 is 0 Å². The van der Waals surface area contributed by atoms with E-state index in [2.05, 4.69) is 11.4 Å². The molecule has 1 fully saturated rings. The Morgan fingerprint density at radius 3 is 2.37 bits per heavy atom. The van der Waals surface area contributed by atoms with Crippen LogP contribution in [-0.4, -0.2) is 36.4 Å². The lowest BCUT2D eigenvalue weighted by molar-refractivity contribution is -0.118. The zero-order chi connectivity index (χ0) is 19.2. The summed E-state index contributed by atoms with van der Waals surface area (Å²) >= 11 is 0. The molecule has 1 aliphatic heterocycles. The van der Waals surface area contributed by atoms with E-state index in [9.17, 15) is 9.59 Å². The molecule has 2 aromatic rings. The average Bonchev–Trinajstić information content (AvgIpc) is 2.66. The van der Waals surface area contributed by atoms with Crippen LogP contribution in [0.5, 0.6) is 5.75 Å². The lowest BCUT2D eigenvalue weighted by Gasteiger charge is -2.27. The fourth-order valence-corrected chi connectivity index (χ4v) is 3.40. The van der Waals surface area contributed by atoms with Crippen molar-refractivity contribution in [1.82, 2.24) is 4.90 Å². The van der Waals surface area contributed by atoms with E-state index in [-0.39, 0.29) is 18.4 Å². The Morgan fingerprint density at radius 2 is 1.67 bits per heavy atom. The summed E-state index contributed by atoms with van der Waals surface area (Å²) < 4.78 is 5.61. The summed E-state index contributed by atoms with van der Waals surface area (Å²) in [6.45, 7) is 5.42. The Hall–Kier alpha value is -2.82. The van der Waals surface area contributed by atoms with Gasteiger partial charge in [-0.15, -0.1) is 0 Å². The maximum atomic E-state index is 12.8. The predicted molar refractivity (Wildman–Crippen MR) is 106 cm³/mol. The minimum absolute atomic E-state index is 0.0270. The number of carbonyl (C=O) groups is 2. The standard InChI is InChI=1S/C22H26N2O3/c1-16-12-17(2)14-18(13-16)27-15-21(25)23-20-9-5-4-8-19(20)22(26)24-10-6-3-7-11-24/h4-5,8-9,12-14H,3,6-7,10-11,15H2,1-2H3,(H,23,25). The molecule has 0 radical (unpaired) electrons. The summed E-state index contributed by atoms with van der Waals surface area (Å²) in [5, 5.41) is 2.82. The number of anilines is 1. The van der Waals surface area contributed by atoms with E-state index in [4.69, 9.17) is 4.74 Å². The molecule has 0 saturated carbocycles. The molecule has 1 aliphatic rings. The third kappa shape index (κ3) is 5.09. The van der Waals surface area contributed by atoms with Crippen molar-refractivity contribution >= 4 is 17.5 Å². The van der Waals surface area contributed by atoms with Crippen LogP contribution in [0.3, 0.4) is 0 Å². The van der Waals surface area contributed by atoms with Crippen molar-refractivity contribution in [3.8, 4) is 5.75 Å². The maximum Gasteiger partial charge on any atom is 0.262 e. The summed E-state index contributed by atoms with van der Waals surface area (Å²) in [6.07, 6.45) is 3.23. The number of carbonyl (C=O) groups excluding carboxylic acids is 2. The van der Waals surface area contributed by atoms with Gasteiger partial charge in [0.05, 0.1) is 11.3 Å². The van der Waals surface area contributed by atoms with E-state index in [0.717, 1.165) is 43.5 Å². The number of para-hydroxylation sites is 1. The molecule has 0 atom stereocenters. The molecule has 0 aromatic heterocycles. The fourth-order valence-electron chi connectivity index (χ4n) is 3.40. The molecular weight excluding hydrogens is 340 g/mol. The number of likely N-dealkylation sites (tertiary alicyclic amines) is 1. The van der Waals surface area contributed by atoms with Crippen molar-refractivity contribution in [2.45, 2.75) is 33.1 Å². The van der Waals surface area contributed by atoms with Crippen molar-refractivity contribution in [2.24, 2.45) is 0 Å². The highest BCUT2D eigenvalue weighted by Gasteiger charge is 2.21. The molecule has 0 aliphatic carbocycles. The summed E-state index contributed by atoms with van der Waals surface area (Å²) in [6, 6.07) is 13.0. The molecule has 27 heavy (non-hydrogen) atoms. The van der Waals surface area contributed by atoms with Crippen LogP contribution in [0.4, 0.5) is 5.69 Å². The van der Waals surface area contributed by atoms with Crippen LogP contribution in [0.2, 0.25) is 0 Å². The third-order valence-corrected chi connectivity index (χ3v) is 4.64. The zero-order valence-electron chi connectivity index (χ0n) is 16.0. The molecule has 3 rings (SSSR count). The van der Waals surface area contributed by atoms with E-state index in [1.165, 1.54) is 0 Å². The van der Waals surface area contributed by atoms with Gasteiger partial charge in [-0.2, -0.15) is 0 Å². The number of amides is 2. The Kier molecular flexibility index (Phi) is 6.12. The molecule has 0 unspecified atom stereocenters. The molecule has 0 bridgehead atoms. The van der Waals surface area contributed by atoms with E-state index < -0.39 is 0 Å². The number of ether oxygens (including phenoxy) is 1. The normalized spacial score (nSPS) is 13.9. The first-order valence-corrected chi connectivity index (χ1v) is 9.42. The van der Waals surface area contributed by atoms with Gasteiger partial charge in [-0.25, -0.2) is 0 Å². The highest BCUT2D eigenvalue weighted by molar-refractivity contribution is 6.04. The van der Waals surface area contributed by atoms with Crippen LogP contribution in [0.15, 0.2) is 42.5 Å². The molecule has 1 saturated heterocycles. The Bertz CT molecular complexity index is 806. The summed E-state index contributed by atoms with van der Waals surface area (Å²) in [5.74, 6) is 0.356. The van der Waals surface area contributed by atoms with Crippen LogP contribution < -0.4 is 10.1 Å². The molecule has 1 N–H and O–H groups in total. The second kappa shape index (κ2) is 8.71. The topological polar surface area (TPSA) is 58.6 Å². The van der Waals surface area contributed by atoms with Gasteiger partial charge in [0.2, 0.25) is 0 Å². The second-order valence-electron chi connectivity index (χ2n) is 7.06. The Labute approximate surface area is 160 Å². The molecular formula is C22H26N2O3. The molecule has 2 aromatic carbocycles. The van der Waals surface area contributed by atoms with Gasteiger partial charge in [-0.3, -0.25) is 9.59 Å². The highest BCUT2D eigenvalue weighted by Crippen LogP contribution is 2.20. The van der Waals surface area contributed by atoms with Gasteiger partial charge in [0.25, 0.3) is 11.8 Å². The van der Waals surface area contributed by atoms with Crippen molar-refractivity contribution in [3.63, 3.8) is 0 Å². The summed E-state index contributed by atoms with van der Waals surface area (Å²) in [4.78, 5) is 27.0. The van der Waals surface area contributed by atoms with Crippen molar-refractivity contribution < 1.29 is 14.3 Å². The smallest absolute Gasteiger partial charge is 0.262 e. The minimum atomic E-state index is -0.284. The highest BCUT2D eigenvalue weighted by atomic mass is 16.5. The van der Waals surface area contributed by atoms with Gasteiger partial charge < -0.3 is 15.0 Å². The number of hydrogen-bond donors (Lipinski definition) is 1. The van der Waals surface area contributed by atoms with E-state index in [1.807, 2.05) is 43.0 Å². The average molecular weight is 366 g/mol. The molecule has 142 valence electrons. The quantitative estimate of drug-likeness (QED) is 0.872. The van der Waals surface area contributed by atoms with Crippen LogP contribution in [0.25, 0.3) is 0 Å². The zero-order valence-corrected chi connectivity index (χ0v) is 16.0. The molecule has 5 nitrogen and oxygen atoms in total. The monoisotopic (exact) mass is 366 g/mol. The second-order valence-corrected chi connectivity index (χ2v) is 7.06. The van der Waals surface area contributed by atoms with Crippen molar-refractivity contribution in [3.05, 3.63) is 59.2 Å². The Balaban J connectivity index is 1.64. The van der Waals surface area contributed by atoms with Crippen molar-refractivity contribution in [2.75, 3.05) is 25.0 Å². The van der Waals surface area contributed by atoms with Gasteiger partial charge in [-0.1, -0.05) is 18.2 Å². The number of piperidine rings is 1. The molecule has 2 amide bonds. The van der Waals surface area contributed by atoms with Gasteiger partial charge >= 0.3 is 0 Å². The number of rotatable bonds is 5. The number of aryl methyl sites for hydroxylation is 2. The van der Waals surface area contributed by atoms with Gasteiger partial charge in [0.15, 0.2) is 6.61 Å². The number of nitrogens with zero attached hydrogens (tertiary/aromatic N) is 1. The van der Waals surface area contributed by atoms with Crippen LogP contribution >= 0.6 is 0 Å². The number of hydrogen-bond acceptors (Lipinski definition) is 3. The van der Waals surface area contributed by atoms with Crippen molar-refractivity contribution in [1.29, 1.82) is 0 Å². The largest absolute Gasteiger partial charge is 0.484 e. The summed E-state index contributed by atoms with van der Waals surface area (Å²) in [5.41, 5.74) is 3.23. The Morgan fingerprint density at radius 1 is 1.00 bits per heavy atom.